The molecule has 27 heavy (non-hydrogen) atoms. The number of halogens is 3. The molecule has 2 aromatic carbocycles. The summed E-state index contributed by atoms with van der Waals surface area (Å²) in [6.45, 7) is 0.111. The molecule has 0 spiro atoms. The fourth-order valence-corrected chi connectivity index (χ4v) is 3.01. The number of carbonyl (C=O) groups excluding carboxylic acids is 2. The van der Waals surface area contributed by atoms with E-state index < -0.39 is 23.5 Å². The summed E-state index contributed by atoms with van der Waals surface area (Å²) >= 11 is 0. The number of anilines is 1. The normalized spacial score (nSPS) is 15.0. The highest BCUT2D eigenvalue weighted by Gasteiger charge is 2.24. The molecule has 0 aliphatic carbocycles. The number of rotatable bonds is 4. The zero-order valence-electron chi connectivity index (χ0n) is 14.3. The van der Waals surface area contributed by atoms with Crippen LogP contribution in [-0.4, -0.2) is 29.3 Å². The van der Waals surface area contributed by atoms with Gasteiger partial charge in [0.15, 0.2) is 11.6 Å². The highest BCUT2D eigenvalue weighted by molar-refractivity contribution is 5.96. The molecule has 2 amide bonds. The SMILES string of the molecule is N[C@@H](CC(=O)N1CC(=O)Nc2ccccc2C1)Cc1cc(F)c(F)cc1F. The van der Waals surface area contributed by atoms with Crippen molar-refractivity contribution in [3.05, 3.63) is 65.0 Å². The summed E-state index contributed by atoms with van der Waals surface area (Å²) in [5.74, 6) is -4.08. The van der Waals surface area contributed by atoms with Crippen LogP contribution >= 0.6 is 0 Å². The van der Waals surface area contributed by atoms with Crippen molar-refractivity contribution in [3.8, 4) is 0 Å². The van der Waals surface area contributed by atoms with Gasteiger partial charge in [-0.1, -0.05) is 18.2 Å². The first kappa shape index (κ1) is 18.9. The summed E-state index contributed by atoms with van der Waals surface area (Å²) in [4.78, 5) is 25.9. The van der Waals surface area contributed by atoms with Gasteiger partial charge in [0.05, 0.1) is 0 Å². The molecule has 1 heterocycles. The Hall–Kier alpha value is -2.87. The Kier molecular flexibility index (Phi) is 5.46. The molecule has 5 nitrogen and oxygen atoms in total. The van der Waals surface area contributed by atoms with Crippen molar-refractivity contribution in [2.45, 2.75) is 25.4 Å². The van der Waals surface area contributed by atoms with Gasteiger partial charge in [0.1, 0.15) is 12.4 Å². The van der Waals surface area contributed by atoms with Crippen LogP contribution in [0.2, 0.25) is 0 Å². The number of hydrogen-bond donors (Lipinski definition) is 2. The Morgan fingerprint density at radius 3 is 2.59 bits per heavy atom. The molecule has 1 aliphatic rings. The Morgan fingerprint density at radius 2 is 1.81 bits per heavy atom. The molecule has 0 fully saturated rings. The molecule has 3 N–H and O–H groups in total. The van der Waals surface area contributed by atoms with Crippen molar-refractivity contribution in [3.63, 3.8) is 0 Å². The summed E-state index contributed by atoms with van der Waals surface area (Å²) in [7, 11) is 0. The summed E-state index contributed by atoms with van der Waals surface area (Å²) < 4.78 is 40.0. The lowest BCUT2D eigenvalue weighted by Gasteiger charge is -2.22. The fraction of sp³-hybridized carbons (Fsp3) is 0.263. The van der Waals surface area contributed by atoms with Crippen molar-refractivity contribution in [2.75, 3.05) is 11.9 Å². The molecule has 1 aliphatic heterocycles. The number of carbonyl (C=O) groups is 2. The smallest absolute Gasteiger partial charge is 0.244 e. The lowest BCUT2D eigenvalue weighted by molar-refractivity contribution is -0.135. The molecule has 0 bridgehead atoms. The monoisotopic (exact) mass is 377 g/mol. The van der Waals surface area contributed by atoms with Crippen LogP contribution in [-0.2, 0) is 22.6 Å². The molecular formula is C19H18F3N3O2. The molecule has 1 atom stereocenters. The average Bonchev–Trinajstić information content (AvgIpc) is 2.77. The maximum Gasteiger partial charge on any atom is 0.244 e. The predicted octanol–water partition coefficient (Wildman–Crippen LogP) is 2.34. The van der Waals surface area contributed by atoms with Crippen molar-refractivity contribution >= 4 is 17.5 Å². The molecule has 2 aromatic rings. The molecule has 0 saturated heterocycles. The minimum Gasteiger partial charge on any atom is -0.329 e. The zero-order valence-corrected chi connectivity index (χ0v) is 14.3. The van der Waals surface area contributed by atoms with Crippen LogP contribution in [0.5, 0.6) is 0 Å². The van der Waals surface area contributed by atoms with Crippen LogP contribution in [0.4, 0.5) is 18.9 Å². The van der Waals surface area contributed by atoms with Crippen LogP contribution in [0.25, 0.3) is 0 Å². The van der Waals surface area contributed by atoms with Gasteiger partial charge in [0.2, 0.25) is 11.8 Å². The van der Waals surface area contributed by atoms with E-state index in [0.717, 1.165) is 11.6 Å². The first-order valence-corrected chi connectivity index (χ1v) is 8.38. The minimum absolute atomic E-state index is 0.104. The number of nitrogens with two attached hydrogens (primary N) is 1. The van der Waals surface area contributed by atoms with Gasteiger partial charge in [-0.2, -0.15) is 0 Å². The van der Waals surface area contributed by atoms with Crippen LogP contribution in [0.1, 0.15) is 17.5 Å². The van der Waals surface area contributed by atoms with Crippen molar-refractivity contribution in [1.82, 2.24) is 4.90 Å². The minimum atomic E-state index is -1.28. The van der Waals surface area contributed by atoms with Gasteiger partial charge in [-0.15, -0.1) is 0 Å². The van der Waals surface area contributed by atoms with E-state index in [9.17, 15) is 22.8 Å². The third-order valence-electron chi connectivity index (χ3n) is 4.35. The highest BCUT2D eigenvalue weighted by Crippen LogP contribution is 2.21. The molecule has 3 rings (SSSR count). The second-order valence-electron chi connectivity index (χ2n) is 6.48. The third-order valence-corrected chi connectivity index (χ3v) is 4.35. The molecule has 0 radical (unpaired) electrons. The topological polar surface area (TPSA) is 75.4 Å². The maximum absolute atomic E-state index is 13.7. The Labute approximate surface area is 154 Å². The first-order valence-electron chi connectivity index (χ1n) is 8.38. The number of nitrogens with zero attached hydrogens (tertiary/aromatic N) is 1. The van der Waals surface area contributed by atoms with E-state index in [1.54, 1.807) is 24.3 Å². The third kappa shape index (κ3) is 4.46. The van der Waals surface area contributed by atoms with Gasteiger partial charge in [-0.25, -0.2) is 13.2 Å². The maximum atomic E-state index is 13.7. The largest absolute Gasteiger partial charge is 0.329 e. The van der Waals surface area contributed by atoms with Crippen LogP contribution < -0.4 is 11.1 Å². The molecule has 0 saturated carbocycles. The lowest BCUT2D eigenvalue weighted by atomic mass is 10.0. The van der Waals surface area contributed by atoms with Gasteiger partial charge >= 0.3 is 0 Å². The summed E-state index contributed by atoms with van der Waals surface area (Å²) in [5, 5.41) is 2.73. The van der Waals surface area contributed by atoms with Gasteiger partial charge in [-0.3, -0.25) is 9.59 Å². The number of para-hydroxylation sites is 1. The Morgan fingerprint density at radius 1 is 1.11 bits per heavy atom. The number of fused-ring (bicyclic) bond motifs is 1. The summed E-state index contributed by atoms with van der Waals surface area (Å²) in [6, 6.07) is 7.52. The van der Waals surface area contributed by atoms with Gasteiger partial charge in [0, 0.05) is 30.8 Å². The van der Waals surface area contributed by atoms with E-state index in [-0.39, 0.29) is 43.3 Å². The Bertz CT molecular complexity index is 888. The van der Waals surface area contributed by atoms with E-state index in [1.807, 2.05) is 0 Å². The van der Waals surface area contributed by atoms with E-state index in [0.29, 0.717) is 11.8 Å². The molecule has 8 heteroatoms. The van der Waals surface area contributed by atoms with Gasteiger partial charge in [-0.05, 0) is 29.7 Å². The molecule has 0 aromatic heterocycles. The second-order valence-corrected chi connectivity index (χ2v) is 6.48. The fourth-order valence-electron chi connectivity index (χ4n) is 3.01. The quantitative estimate of drug-likeness (QED) is 0.803. The van der Waals surface area contributed by atoms with Crippen LogP contribution in [0, 0.1) is 17.5 Å². The van der Waals surface area contributed by atoms with E-state index in [2.05, 4.69) is 5.32 Å². The number of hydrogen-bond acceptors (Lipinski definition) is 3. The number of nitrogens with one attached hydrogen (secondary N) is 1. The zero-order chi connectivity index (χ0) is 19.6. The van der Waals surface area contributed by atoms with E-state index >= 15 is 0 Å². The molecular weight excluding hydrogens is 359 g/mol. The van der Waals surface area contributed by atoms with Gasteiger partial charge < -0.3 is 16.0 Å². The van der Waals surface area contributed by atoms with Crippen molar-refractivity contribution in [1.29, 1.82) is 0 Å². The number of amides is 2. The predicted molar refractivity (Wildman–Crippen MR) is 93.1 cm³/mol. The average molecular weight is 377 g/mol. The summed E-state index contributed by atoms with van der Waals surface area (Å²) in [5.41, 5.74) is 7.24. The summed E-state index contributed by atoms with van der Waals surface area (Å²) in [6.07, 6.45) is -0.292. The number of benzene rings is 2. The first-order chi connectivity index (χ1) is 12.8. The van der Waals surface area contributed by atoms with Crippen LogP contribution in [0.3, 0.4) is 0 Å². The van der Waals surface area contributed by atoms with Crippen molar-refractivity contribution in [2.24, 2.45) is 5.73 Å². The lowest BCUT2D eigenvalue weighted by Crippen LogP contribution is -2.39. The van der Waals surface area contributed by atoms with Gasteiger partial charge in [0.25, 0.3) is 0 Å². The second kappa shape index (κ2) is 7.79. The van der Waals surface area contributed by atoms with Crippen molar-refractivity contribution < 1.29 is 22.8 Å². The van der Waals surface area contributed by atoms with E-state index in [1.165, 1.54) is 4.90 Å². The molecule has 0 unspecified atom stereocenters. The van der Waals surface area contributed by atoms with E-state index in [4.69, 9.17) is 5.73 Å². The highest BCUT2D eigenvalue weighted by atomic mass is 19.2. The standard InChI is InChI=1S/C19H18F3N3O2/c20-14-8-16(22)15(21)6-12(14)5-13(23)7-19(27)25-9-11-3-1-2-4-17(11)24-18(26)10-25/h1-4,6,8,13H,5,7,9-10,23H2,(H,24,26)/t13-/m1/s1. The van der Waals surface area contributed by atoms with Crippen LogP contribution in [0.15, 0.2) is 36.4 Å². The molecule has 142 valence electrons. The Balaban J connectivity index is 1.68.